The standard InChI is InChI=1S/C72H91N5O7/c1-5-27-74-43-49-32-47-23-28-75-42-48-14-10-15-50(34-48)55-18-17-54(80)38-59(55)64-56-21-26-72(62(84-70(82)67(64)72)36-45(6-2)31-46-12-8-7-9-13-46)66-57(56)19-20-58-61(83-69(81)65(58)66)22-25-71(53-24-29-76-63(37-53)73-4)39-51(16-11-30-78)60(40-71)68(52(33-47)35-49)77-41-44(3)79/h7-10,12-15,17-18,22,32-36,38,44-45,51,53,56-57,60,63,66,68,73-80H,5-6,11,16,19-21,23-31,37,39-43H2,1-4H3. The third-order valence-electron chi connectivity index (χ3n) is 21.3. The van der Waals surface area contributed by atoms with Crippen molar-refractivity contribution in [3.63, 3.8) is 0 Å². The summed E-state index contributed by atoms with van der Waals surface area (Å²) in [5, 5.41) is 52.0. The van der Waals surface area contributed by atoms with Crippen LogP contribution in [0, 0.1) is 52.3 Å². The number of cyclic esters (lactones) is 1. The Kier molecular flexibility index (Phi) is 17.7. The van der Waals surface area contributed by atoms with Crippen LogP contribution in [0.1, 0.15) is 144 Å². The number of aliphatic hydroxyl groups excluding tert-OH is 2. The SMILES string of the molecule is CCCNCc1cc2cc(c1)C(NCC(C)O)C1CC(C3CCNC(NC)C3)(CC=C3OC(=O)C4=C3CCC3C5CCC6(C(=CC(CC)Cc7ccccc7)OC(=O)C6=C5c5cc(O)ccc5-c5cccc(c5)CNCC2)C43)CC1CCCO. The van der Waals surface area contributed by atoms with Gasteiger partial charge in [-0.15, -0.1) is 0 Å². The van der Waals surface area contributed by atoms with Crippen LogP contribution in [0.4, 0.5) is 0 Å². The molecule has 446 valence electrons. The van der Waals surface area contributed by atoms with Crippen molar-refractivity contribution in [2.45, 2.75) is 148 Å². The molecule has 4 aromatic carbocycles. The Morgan fingerprint density at radius 1 is 0.857 bits per heavy atom. The fourth-order valence-electron chi connectivity index (χ4n) is 17.5. The number of fused-ring (bicyclic) bond motifs is 5. The third kappa shape index (κ3) is 11.3. The normalized spacial score (nSPS) is 30.4. The minimum Gasteiger partial charge on any atom is -0.508 e. The van der Waals surface area contributed by atoms with E-state index in [0.717, 1.165) is 142 Å². The number of phenolic OH excluding ortho intramolecular Hbond substituents is 1. The molecule has 8 N–H and O–H groups in total. The van der Waals surface area contributed by atoms with Gasteiger partial charge < -0.3 is 51.4 Å². The van der Waals surface area contributed by atoms with Gasteiger partial charge in [-0.05, 0) is 251 Å². The molecule has 5 heterocycles. The number of carbonyl (C=O) groups is 2. The van der Waals surface area contributed by atoms with Gasteiger partial charge in [0.25, 0.3) is 0 Å². The van der Waals surface area contributed by atoms with E-state index in [2.05, 4.69) is 119 Å². The monoisotopic (exact) mass is 1140 g/mol. The second-order valence-electron chi connectivity index (χ2n) is 26.3. The van der Waals surface area contributed by atoms with Crippen molar-refractivity contribution in [2.75, 3.05) is 39.8 Å². The van der Waals surface area contributed by atoms with E-state index in [1.165, 1.54) is 22.3 Å². The molecule has 5 aliphatic carbocycles. The van der Waals surface area contributed by atoms with Gasteiger partial charge in [-0.3, -0.25) is 0 Å². The van der Waals surface area contributed by atoms with Gasteiger partial charge in [0.1, 0.15) is 17.3 Å². The number of hydrogen-bond acceptors (Lipinski definition) is 12. The fraction of sp³-hybridized carbons (Fsp3) is 0.528. The smallest absolute Gasteiger partial charge is 0.340 e. The summed E-state index contributed by atoms with van der Waals surface area (Å²) in [6.07, 6.45) is 16.9. The molecule has 1 spiro atoms. The average molecular weight is 1140 g/mol. The number of carbonyl (C=O) groups excluding carboxylic acids is 2. The van der Waals surface area contributed by atoms with E-state index in [1.54, 1.807) is 6.07 Å². The summed E-state index contributed by atoms with van der Waals surface area (Å²) >= 11 is 0. The molecule has 12 unspecified atom stereocenters. The Hall–Kier alpha value is -5.70. The summed E-state index contributed by atoms with van der Waals surface area (Å²) in [7, 11) is 2.05. The molecule has 2 saturated carbocycles. The van der Waals surface area contributed by atoms with Gasteiger partial charge in [-0.25, -0.2) is 9.59 Å². The number of aliphatic hydroxyl groups is 2. The predicted octanol–water partition coefficient (Wildman–Crippen LogP) is 11.3. The van der Waals surface area contributed by atoms with Crippen molar-refractivity contribution < 1.29 is 34.4 Å². The van der Waals surface area contributed by atoms with Crippen molar-refractivity contribution in [1.82, 2.24) is 26.6 Å². The number of allylic oxidation sites excluding steroid dienone is 5. The Morgan fingerprint density at radius 3 is 2.54 bits per heavy atom. The molecule has 4 fully saturated rings. The maximum absolute atomic E-state index is 15.4. The number of nitrogens with one attached hydrogen (secondary N) is 5. The zero-order chi connectivity index (χ0) is 58.1. The first-order valence-corrected chi connectivity index (χ1v) is 32.2. The van der Waals surface area contributed by atoms with Crippen molar-refractivity contribution in [3.05, 3.63) is 165 Å². The van der Waals surface area contributed by atoms with E-state index < -0.39 is 11.5 Å². The highest BCUT2D eigenvalue weighted by atomic mass is 16.6. The van der Waals surface area contributed by atoms with E-state index in [4.69, 9.17) is 9.47 Å². The Balaban J connectivity index is 1.04. The third-order valence-corrected chi connectivity index (χ3v) is 21.3. The molecule has 14 bridgehead atoms. The van der Waals surface area contributed by atoms with Crippen LogP contribution < -0.4 is 26.6 Å². The Bertz CT molecular complexity index is 3200. The van der Waals surface area contributed by atoms with Gasteiger partial charge in [-0.1, -0.05) is 86.6 Å². The first-order chi connectivity index (χ1) is 40.9. The number of hydrogen-bond donors (Lipinski definition) is 8. The molecule has 5 aliphatic heterocycles. The second-order valence-corrected chi connectivity index (χ2v) is 26.3. The number of rotatable bonds is 16. The molecule has 12 nitrogen and oxygen atoms in total. The molecule has 0 radical (unpaired) electrons. The van der Waals surface area contributed by atoms with E-state index >= 15 is 9.59 Å². The molecular weight excluding hydrogens is 1050 g/mol. The fourth-order valence-corrected chi connectivity index (χ4v) is 17.5. The molecule has 12 atom stereocenters. The molecule has 0 aromatic heterocycles. The molecule has 10 aliphatic rings. The predicted molar refractivity (Wildman–Crippen MR) is 331 cm³/mol. The molecule has 84 heavy (non-hydrogen) atoms. The quantitative estimate of drug-likeness (QED) is 0.0395. The van der Waals surface area contributed by atoms with E-state index in [0.29, 0.717) is 55.4 Å². The number of phenols is 1. The maximum Gasteiger partial charge on any atom is 0.340 e. The topological polar surface area (TPSA) is 173 Å². The van der Waals surface area contributed by atoms with Crippen molar-refractivity contribution in [2.24, 2.45) is 52.3 Å². The average Bonchev–Trinajstić information content (AvgIpc) is 1.40. The van der Waals surface area contributed by atoms with Crippen molar-refractivity contribution in [3.8, 4) is 16.9 Å². The van der Waals surface area contributed by atoms with E-state index in [-0.39, 0.29) is 77.4 Å². The van der Waals surface area contributed by atoms with Gasteiger partial charge in [0.2, 0.25) is 0 Å². The van der Waals surface area contributed by atoms with Gasteiger partial charge in [0.15, 0.2) is 0 Å². The molecule has 14 rings (SSSR count). The van der Waals surface area contributed by atoms with Gasteiger partial charge >= 0.3 is 11.9 Å². The first-order valence-electron chi connectivity index (χ1n) is 32.2. The number of aromatic hydroxyl groups is 1. The summed E-state index contributed by atoms with van der Waals surface area (Å²) in [4.78, 5) is 30.7. The molecule has 2 saturated heterocycles. The summed E-state index contributed by atoms with van der Waals surface area (Å²) in [6.45, 7) is 10.9. The summed E-state index contributed by atoms with van der Waals surface area (Å²) in [5.74, 6) is 1.40. The number of ether oxygens (including phenoxy) is 2. The van der Waals surface area contributed by atoms with Crippen LogP contribution in [0.2, 0.25) is 0 Å². The number of piperidine rings is 1. The zero-order valence-electron chi connectivity index (χ0n) is 50.1. The second kappa shape index (κ2) is 25.3. The lowest BCUT2D eigenvalue weighted by atomic mass is 9.44. The highest BCUT2D eigenvalue weighted by Crippen LogP contribution is 2.72. The number of esters is 2. The Morgan fingerprint density at radius 2 is 1.73 bits per heavy atom. The lowest BCUT2D eigenvalue weighted by Crippen LogP contribution is -2.52. The molecule has 4 aromatic rings. The van der Waals surface area contributed by atoms with Crippen molar-refractivity contribution >= 4 is 17.5 Å². The van der Waals surface area contributed by atoms with E-state index in [9.17, 15) is 15.3 Å². The highest BCUT2D eigenvalue weighted by molar-refractivity contribution is 6.07. The van der Waals surface area contributed by atoms with E-state index in [1.807, 2.05) is 32.2 Å². The lowest BCUT2D eigenvalue weighted by molar-refractivity contribution is -0.135. The minimum absolute atomic E-state index is 0.0183. The van der Waals surface area contributed by atoms with Crippen LogP contribution in [0.5, 0.6) is 5.75 Å². The Labute approximate surface area is 498 Å². The lowest BCUT2D eigenvalue weighted by Gasteiger charge is -2.56. The van der Waals surface area contributed by atoms with Crippen LogP contribution >= 0.6 is 0 Å². The number of benzene rings is 4. The highest BCUT2D eigenvalue weighted by Gasteiger charge is 2.69. The van der Waals surface area contributed by atoms with Crippen LogP contribution in [0.15, 0.2) is 131 Å². The van der Waals surface area contributed by atoms with Crippen LogP contribution in [0.3, 0.4) is 0 Å². The summed E-state index contributed by atoms with van der Waals surface area (Å²) in [5.41, 5.74) is 11.2. The van der Waals surface area contributed by atoms with Gasteiger partial charge in [-0.2, -0.15) is 0 Å². The maximum atomic E-state index is 15.4. The summed E-state index contributed by atoms with van der Waals surface area (Å²) in [6, 6.07) is 32.0. The molecule has 12 heteroatoms. The minimum atomic E-state index is -0.917. The van der Waals surface area contributed by atoms with Crippen LogP contribution in [-0.2, 0) is 45.0 Å². The van der Waals surface area contributed by atoms with Gasteiger partial charge in [0.05, 0.1) is 23.3 Å². The molecular formula is C72H91N5O7. The molecule has 0 amide bonds. The van der Waals surface area contributed by atoms with Crippen molar-refractivity contribution in [1.29, 1.82) is 0 Å². The van der Waals surface area contributed by atoms with Crippen LogP contribution in [-0.4, -0.2) is 79.4 Å². The van der Waals surface area contributed by atoms with Gasteiger partial charge in [0, 0.05) is 49.3 Å². The first kappa shape index (κ1) is 58.7. The zero-order valence-corrected chi connectivity index (χ0v) is 50.1. The van der Waals surface area contributed by atoms with Crippen LogP contribution in [0.25, 0.3) is 16.7 Å². The summed E-state index contributed by atoms with van der Waals surface area (Å²) < 4.78 is 13.5. The largest absolute Gasteiger partial charge is 0.508 e.